The van der Waals surface area contributed by atoms with E-state index in [1.807, 2.05) is 0 Å². The van der Waals surface area contributed by atoms with Gasteiger partial charge in [-0.15, -0.1) is 0 Å². The molecule has 3 aromatic rings. The standard InChI is InChI=1S/C30H31Cl4NO7/c1-38-27(36)10-9-19-15-22(31)28(23(32)16-19)42-14-13-40-11-5-6-12-41-29-24(33)17-20(18-25(29)34)35-26-8-4-3-7-21(26)30(37)39-2/h3-4,7-8,15-18,35H,5-6,9-14H2,1-2H3. The molecule has 0 aliphatic heterocycles. The maximum absolute atomic E-state index is 12.0. The second-order valence-electron chi connectivity index (χ2n) is 8.91. The summed E-state index contributed by atoms with van der Waals surface area (Å²) >= 11 is 25.5. The van der Waals surface area contributed by atoms with Gasteiger partial charge in [-0.1, -0.05) is 58.5 Å². The number of hydrogen-bond acceptors (Lipinski definition) is 8. The van der Waals surface area contributed by atoms with Gasteiger partial charge in [0.25, 0.3) is 0 Å². The molecular formula is C30H31Cl4NO7. The van der Waals surface area contributed by atoms with Crippen LogP contribution in [0.4, 0.5) is 11.4 Å². The van der Waals surface area contributed by atoms with Gasteiger partial charge in [-0.2, -0.15) is 0 Å². The number of methoxy groups -OCH3 is 2. The fraction of sp³-hybridized carbons (Fsp3) is 0.333. The van der Waals surface area contributed by atoms with Crippen LogP contribution in [0, 0.1) is 0 Å². The molecule has 0 aromatic heterocycles. The summed E-state index contributed by atoms with van der Waals surface area (Å²) < 4.78 is 26.6. The third-order valence-electron chi connectivity index (χ3n) is 5.92. The normalized spacial score (nSPS) is 10.7. The summed E-state index contributed by atoms with van der Waals surface area (Å²) in [5.41, 5.74) is 2.36. The molecule has 42 heavy (non-hydrogen) atoms. The van der Waals surface area contributed by atoms with Crippen molar-refractivity contribution >= 4 is 69.7 Å². The number of unbranched alkanes of at least 4 members (excludes halogenated alkanes) is 1. The van der Waals surface area contributed by atoms with Crippen LogP contribution < -0.4 is 14.8 Å². The van der Waals surface area contributed by atoms with Crippen molar-refractivity contribution in [2.45, 2.75) is 25.7 Å². The zero-order valence-electron chi connectivity index (χ0n) is 23.1. The van der Waals surface area contributed by atoms with Crippen LogP contribution >= 0.6 is 46.4 Å². The van der Waals surface area contributed by atoms with Crippen LogP contribution in [-0.4, -0.2) is 52.6 Å². The molecule has 1 N–H and O–H groups in total. The number of carbonyl (C=O) groups excluding carboxylic acids is 2. The highest BCUT2D eigenvalue weighted by molar-refractivity contribution is 6.38. The fourth-order valence-corrected chi connectivity index (χ4v) is 5.07. The molecule has 8 nitrogen and oxygen atoms in total. The van der Waals surface area contributed by atoms with Crippen LogP contribution in [0.1, 0.15) is 35.2 Å². The lowest BCUT2D eigenvalue weighted by Crippen LogP contribution is -2.09. The number of esters is 2. The Morgan fingerprint density at radius 3 is 1.98 bits per heavy atom. The van der Waals surface area contributed by atoms with Gasteiger partial charge in [-0.05, 0) is 61.2 Å². The monoisotopic (exact) mass is 657 g/mol. The number of benzene rings is 3. The highest BCUT2D eigenvalue weighted by Gasteiger charge is 2.15. The maximum atomic E-state index is 12.0. The molecule has 0 radical (unpaired) electrons. The van der Waals surface area contributed by atoms with Crippen molar-refractivity contribution in [3.8, 4) is 11.5 Å². The first-order chi connectivity index (χ1) is 20.2. The minimum Gasteiger partial charge on any atom is -0.490 e. The van der Waals surface area contributed by atoms with E-state index in [0.717, 1.165) is 12.0 Å². The molecule has 3 aromatic carbocycles. The first-order valence-corrected chi connectivity index (χ1v) is 14.6. The minimum absolute atomic E-state index is 0.237. The Balaban J connectivity index is 1.36. The third-order valence-corrected chi connectivity index (χ3v) is 7.04. The SMILES string of the molecule is COC(=O)CCc1cc(Cl)c(OCCOCCCCOc2c(Cl)cc(Nc3ccccc3C(=O)OC)cc2Cl)c(Cl)c1. The molecule has 0 saturated carbocycles. The summed E-state index contributed by atoms with van der Waals surface area (Å²) in [5, 5.41) is 4.55. The van der Waals surface area contributed by atoms with Crippen LogP contribution in [0.15, 0.2) is 48.5 Å². The lowest BCUT2D eigenvalue weighted by atomic mass is 10.1. The van der Waals surface area contributed by atoms with Gasteiger partial charge in [0, 0.05) is 18.7 Å². The Bertz CT molecular complexity index is 1320. The van der Waals surface area contributed by atoms with Crippen molar-refractivity contribution in [1.82, 2.24) is 0 Å². The number of rotatable bonds is 16. The van der Waals surface area contributed by atoms with Crippen LogP contribution in [0.5, 0.6) is 11.5 Å². The summed E-state index contributed by atoms with van der Waals surface area (Å²) in [7, 11) is 2.67. The smallest absolute Gasteiger partial charge is 0.339 e. The molecule has 0 aliphatic carbocycles. The molecule has 0 aliphatic rings. The fourth-order valence-electron chi connectivity index (χ4n) is 3.83. The van der Waals surface area contributed by atoms with Crippen molar-refractivity contribution in [2.24, 2.45) is 0 Å². The molecule has 3 rings (SSSR count). The zero-order chi connectivity index (χ0) is 30.5. The van der Waals surface area contributed by atoms with E-state index in [4.69, 9.17) is 65.4 Å². The molecule has 0 saturated heterocycles. The van der Waals surface area contributed by atoms with Crippen molar-refractivity contribution in [2.75, 3.05) is 46.0 Å². The van der Waals surface area contributed by atoms with Crippen LogP contribution in [0.3, 0.4) is 0 Å². The largest absolute Gasteiger partial charge is 0.490 e. The highest BCUT2D eigenvalue weighted by Crippen LogP contribution is 2.38. The Labute approximate surface area is 265 Å². The van der Waals surface area contributed by atoms with Gasteiger partial charge in [-0.25, -0.2) is 4.79 Å². The number of aryl methyl sites for hydroxylation is 1. The second-order valence-corrected chi connectivity index (χ2v) is 10.5. The maximum Gasteiger partial charge on any atom is 0.339 e. The average molecular weight is 659 g/mol. The molecule has 0 amide bonds. The number of nitrogens with one attached hydrogen (secondary N) is 1. The number of ether oxygens (including phenoxy) is 5. The van der Waals surface area contributed by atoms with Gasteiger partial charge in [0.05, 0.1) is 58.8 Å². The van der Waals surface area contributed by atoms with E-state index in [0.29, 0.717) is 81.2 Å². The minimum atomic E-state index is -0.458. The quantitative estimate of drug-likeness (QED) is 0.122. The van der Waals surface area contributed by atoms with Crippen molar-refractivity contribution in [3.05, 3.63) is 79.7 Å². The second kappa shape index (κ2) is 17.3. The number of hydrogen-bond donors (Lipinski definition) is 1. The van der Waals surface area contributed by atoms with Crippen molar-refractivity contribution in [1.29, 1.82) is 0 Å². The predicted molar refractivity (Wildman–Crippen MR) is 165 cm³/mol. The molecule has 0 fully saturated rings. The first-order valence-electron chi connectivity index (χ1n) is 13.0. The summed E-state index contributed by atoms with van der Waals surface area (Å²) in [6.45, 7) is 1.52. The summed E-state index contributed by atoms with van der Waals surface area (Å²) in [4.78, 5) is 23.4. The van der Waals surface area contributed by atoms with Gasteiger partial charge in [0.1, 0.15) is 6.61 Å². The predicted octanol–water partition coefficient (Wildman–Crippen LogP) is 8.19. The van der Waals surface area contributed by atoms with Gasteiger partial charge in [-0.3, -0.25) is 4.79 Å². The molecule has 0 atom stereocenters. The van der Waals surface area contributed by atoms with Crippen LogP contribution in [0.25, 0.3) is 0 Å². The lowest BCUT2D eigenvalue weighted by molar-refractivity contribution is -0.140. The molecular weight excluding hydrogens is 628 g/mol. The lowest BCUT2D eigenvalue weighted by Gasteiger charge is -2.14. The van der Waals surface area contributed by atoms with Crippen LogP contribution in [-0.2, 0) is 25.4 Å². The molecule has 0 unspecified atom stereocenters. The third kappa shape index (κ3) is 10.1. The Hall–Kier alpha value is -2.88. The van der Waals surface area contributed by atoms with Crippen LogP contribution in [0.2, 0.25) is 20.1 Å². The molecule has 0 spiro atoms. The average Bonchev–Trinajstić information content (AvgIpc) is 2.97. The summed E-state index contributed by atoms with van der Waals surface area (Å²) in [5.74, 6) is -0.00735. The first kappa shape index (κ1) is 33.6. The van der Waals surface area contributed by atoms with Gasteiger partial charge in [0.15, 0.2) is 11.5 Å². The van der Waals surface area contributed by atoms with Crippen molar-refractivity contribution < 1.29 is 33.3 Å². The molecule has 0 bridgehead atoms. The van der Waals surface area contributed by atoms with E-state index >= 15 is 0 Å². The number of anilines is 2. The number of carbonyl (C=O) groups is 2. The van der Waals surface area contributed by atoms with Crippen molar-refractivity contribution in [3.63, 3.8) is 0 Å². The Kier molecular flexibility index (Phi) is 13.8. The molecule has 12 heteroatoms. The number of halogens is 4. The van der Waals surface area contributed by atoms with Gasteiger partial charge in [0.2, 0.25) is 0 Å². The molecule has 226 valence electrons. The molecule has 0 heterocycles. The highest BCUT2D eigenvalue weighted by atomic mass is 35.5. The topological polar surface area (TPSA) is 92.3 Å². The Morgan fingerprint density at radius 1 is 0.738 bits per heavy atom. The number of para-hydroxylation sites is 1. The van der Waals surface area contributed by atoms with E-state index < -0.39 is 5.97 Å². The summed E-state index contributed by atoms with van der Waals surface area (Å²) in [6, 6.07) is 13.8. The Morgan fingerprint density at radius 2 is 1.33 bits per heavy atom. The van der Waals surface area contributed by atoms with E-state index in [1.165, 1.54) is 14.2 Å². The van der Waals surface area contributed by atoms with E-state index in [-0.39, 0.29) is 19.0 Å². The summed E-state index contributed by atoms with van der Waals surface area (Å²) in [6.07, 6.45) is 2.16. The zero-order valence-corrected chi connectivity index (χ0v) is 26.2. The van der Waals surface area contributed by atoms with E-state index in [2.05, 4.69) is 10.1 Å². The van der Waals surface area contributed by atoms with E-state index in [1.54, 1.807) is 48.5 Å². The van der Waals surface area contributed by atoms with Gasteiger partial charge >= 0.3 is 11.9 Å². The van der Waals surface area contributed by atoms with Gasteiger partial charge < -0.3 is 29.0 Å². The van der Waals surface area contributed by atoms with E-state index in [9.17, 15) is 9.59 Å².